The Morgan fingerprint density at radius 3 is 2.38 bits per heavy atom. The molecule has 1 aromatic heterocycles. The van der Waals surface area contributed by atoms with E-state index in [-0.39, 0.29) is 17.1 Å². The maximum Gasteiger partial charge on any atom is 0.356 e. The van der Waals surface area contributed by atoms with Gasteiger partial charge in [0.05, 0.1) is 11.4 Å². The Bertz CT molecular complexity index is 945. The molecule has 0 spiro atoms. The predicted octanol–water partition coefficient (Wildman–Crippen LogP) is 0.576. The minimum Gasteiger partial charge on any atom is -0.502 e. The number of pyridine rings is 1. The number of benzene rings is 1. The first-order valence-electron chi connectivity index (χ1n) is 6.85. The number of hydrogen-bond donors (Lipinski definition) is 3. The van der Waals surface area contributed by atoms with Crippen LogP contribution in [0.4, 0.5) is 0 Å². The molecule has 2 rings (SSSR count). The van der Waals surface area contributed by atoms with Gasteiger partial charge in [0.25, 0.3) is 0 Å². The summed E-state index contributed by atoms with van der Waals surface area (Å²) < 4.78 is 27.8. The SMILES string of the molecule is Cc1ccc(S(=O)(=O)NCc2cc(=O)c(O)c(C(=O)O)n2C)cc1. The van der Waals surface area contributed by atoms with Crippen molar-refractivity contribution in [2.45, 2.75) is 18.4 Å². The highest BCUT2D eigenvalue weighted by molar-refractivity contribution is 7.89. The Morgan fingerprint density at radius 1 is 1.25 bits per heavy atom. The maximum absolute atomic E-state index is 12.2. The fraction of sp³-hybridized carbons (Fsp3) is 0.200. The summed E-state index contributed by atoms with van der Waals surface area (Å²) in [4.78, 5) is 22.8. The van der Waals surface area contributed by atoms with E-state index in [4.69, 9.17) is 5.11 Å². The van der Waals surface area contributed by atoms with Gasteiger partial charge in [-0.1, -0.05) is 17.7 Å². The lowest BCUT2D eigenvalue weighted by Gasteiger charge is -2.14. The third kappa shape index (κ3) is 3.47. The van der Waals surface area contributed by atoms with Crippen LogP contribution in [0.2, 0.25) is 0 Å². The molecule has 9 heteroatoms. The molecule has 0 saturated heterocycles. The number of carbonyl (C=O) groups is 1. The third-order valence-electron chi connectivity index (χ3n) is 3.50. The molecule has 2 aromatic rings. The van der Waals surface area contributed by atoms with Gasteiger partial charge < -0.3 is 14.8 Å². The molecular weight excluding hydrogens is 336 g/mol. The van der Waals surface area contributed by atoms with Crippen LogP contribution < -0.4 is 10.2 Å². The van der Waals surface area contributed by atoms with E-state index < -0.39 is 32.9 Å². The third-order valence-corrected chi connectivity index (χ3v) is 4.92. The first kappa shape index (κ1) is 17.7. The van der Waals surface area contributed by atoms with E-state index in [1.165, 1.54) is 19.2 Å². The average Bonchev–Trinajstić information content (AvgIpc) is 2.50. The fourth-order valence-electron chi connectivity index (χ4n) is 2.12. The van der Waals surface area contributed by atoms with Crippen LogP contribution in [0.3, 0.4) is 0 Å². The van der Waals surface area contributed by atoms with E-state index in [0.29, 0.717) is 0 Å². The number of nitrogens with zero attached hydrogens (tertiary/aromatic N) is 1. The first-order chi connectivity index (χ1) is 11.1. The summed E-state index contributed by atoms with van der Waals surface area (Å²) in [7, 11) is -2.51. The molecule has 8 nitrogen and oxygen atoms in total. The number of sulfonamides is 1. The van der Waals surface area contributed by atoms with Crippen molar-refractivity contribution in [2.75, 3.05) is 0 Å². The second kappa shape index (κ2) is 6.46. The number of aromatic nitrogens is 1. The quantitative estimate of drug-likeness (QED) is 0.722. The summed E-state index contributed by atoms with van der Waals surface area (Å²) in [6, 6.07) is 7.16. The molecule has 0 unspecified atom stereocenters. The van der Waals surface area contributed by atoms with Gasteiger partial charge in [-0.05, 0) is 19.1 Å². The van der Waals surface area contributed by atoms with E-state index in [9.17, 15) is 23.1 Å². The number of carboxylic acids is 1. The number of hydrogen-bond acceptors (Lipinski definition) is 5. The first-order valence-corrected chi connectivity index (χ1v) is 8.33. The Labute approximate surface area is 138 Å². The predicted molar refractivity (Wildman–Crippen MR) is 85.5 cm³/mol. The van der Waals surface area contributed by atoms with Crippen molar-refractivity contribution in [1.29, 1.82) is 0 Å². The molecule has 0 radical (unpaired) electrons. The lowest BCUT2D eigenvalue weighted by atomic mass is 10.2. The van der Waals surface area contributed by atoms with Gasteiger partial charge >= 0.3 is 5.97 Å². The molecule has 0 amide bonds. The van der Waals surface area contributed by atoms with Crippen molar-refractivity contribution in [3.05, 3.63) is 57.5 Å². The summed E-state index contributed by atoms with van der Waals surface area (Å²) in [5, 5.41) is 18.6. The highest BCUT2D eigenvalue weighted by Crippen LogP contribution is 2.14. The molecular formula is C15H16N2O6S. The standard InChI is InChI=1S/C15H16N2O6S/c1-9-3-5-11(6-4-9)24(22,23)16-8-10-7-12(18)14(19)13(15(20)21)17(10)2/h3-7,16,19H,8H2,1-2H3,(H,20,21). The second-order valence-electron chi connectivity index (χ2n) is 5.20. The van der Waals surface area contributed by atoms with Crippen LogP contribution in [0.1, 0.15) is 21.7 Å². The Kier molecular flexibility index (Phi) is 4.76. The molecule has 1 aromatic carbocycles. The average molecular weight is 352 g/mol. The number of carboxylic acid groups (broad SMARTS) is 1. The minimum absolute atomic E-state index is 0.0512. The number of nitrogens with one attached hydrogen (secondary N) is 1. The van der Waals surface area contributed by atoms with E-state index >= 15 is 0 Å². The normalized spacial score (nSPS) is 11.4. The Balaban J connectivity index is 2.34. The molecule has 0 saturated carbocycles. The molecule has 128 valence electrons. The zero-order valence-corrected chi connectivity index (χ0v) is 13.8. The molecule has 3 N–H and O–H groups in total. The van der Waals surface area contributed by atoms with Crippen LogP contribution in [0.25, 0.3) is 0 Å². The zero-order valence-electron chi connectivity index (χ0n) is 13.0. The van der Waals surface area contributed by atoms with Crippen molar-refractivity contribution in [2.24, 2.45) is 7.05 Å². The second-order valence-corrected chi connectivity index (χ2v) is 6.97. The summed E-state index contributed by atoms with van der Waals surface area (Å²) in [6.07, 6.45) is 0. The van der Waals surface area contributed by atoms with Crippen molar-refractivity contribution in [3.63, 3.8) is 0 Å². The maximum atomic E-state index is 12.2. The minimum atomic E-state index is -3.82. The van der Waals surface area contributed by atoms with Gasteiger partial charge in [-0.25, -0.2) is 17.9 Å². The number of rotatable bonds is 5. The number of aromatic hydroxyl groups is 1. The number of aromatic carboxylic acids is 1. The van der Waals surface area contributed by atoms with Crippen LogP contribution in [0, 0.1) is 6.92 Å². The van der Waals surface area contributed by atoms with E-state index in [1.54, 1.807) is 12.1 Å². The smallest absolute Gasteiger partial charge is 0.356 e. The number of aryl methyl sites for hydroxylation is 1. The van der Waals surface area contributed by atoms with Gasteiger partial charge in [0.15, 0.2) is 11.4 Å². The van der Waals surface area contributed by atoms with Crippen molar-refractivity contribution >= 4 is 16.0 Å². The molecule has 0 aliphatic heterocycles. The van der Waals surface area contributed by atoms with E-state index in [0.717, 1.165) is 16.2 Å². The van der Waals surface area contributed by atoms with Crippen LogP contribution in [0.15, 0.2) is 40.0 Å². The molecule has 0 bridgehead atoms. The molecule has 1 heterocycles. The summed E-state index contributed by atoms with van der Waals surface area (Å²) in [6.45, 7) is 1.52. The van der Waals surface area contributed by atoms with Crippen molar-refractivity contribution in [3.8, 4) is 5.75 Å². The van der Waals surface area contributed by atoms with Crippen LogP contribution in [0.5, 0.6) is 5.75 Å². The topological polar surface area (TPSA) is 126 Å². The molecule has 0 aliphatic carbocycles. The lowest BCUT2D eigenvalue weighted by Crippen LogP contribution is -2.27. The fourth-order valence-corrected chi connectivity index (χ4v) is 3.12. The molecule has 24 heavy (non-hydrogen) atoms. The highest BCUT2D eigenvalue weighted by Gasteiger charge is 2.20. The summed E-state index contributed by atoms with van der Waals surface area (Å²) >= 11 is 0. The van der Waals surface area contributed by atoms with Crippen molar-refractivity contribution < 1.29 is 23.4 Å². The largest absolute Gasteiger partial charge is 0.502 e. The highest BCUT2D eigenvalue weighted by atomic mass is 32.2. The van der Waals surface area contributed by atoms with Gasteiger partial charge in [-0.3, -0.25) is 4.79 Å². The summed E-state index contributed by atoms with van der Waals surface area (Å²) in [5.74, 6) is -2.38. The van der Waals surface area contributed by atoms with E-state index in [2.05, 4.69) is 4.72 Å². The van der Waals surface area contributed by atoms with Crippen molar-refractivity contribution in [1.82, 2.24) is 9.29 Å². The zero-order chi connectivity index (χ0) is 18.1. The van der Waals surface area contributed by atoms with Gasteiger partial charge in [-0.15, -0.1) is 0 Å². The van der Waals surface area contributed by atoms with Crippen LogP contribution in [-0.2, 0) is 23.6 Å². The van der Waals surface area contributed by atoms with Gasteiger partial charge in [-0.2, -0.15) is 0 Å². The van der Waals surface area contributed by atoms with E-state index in [1.807, 2.05) is 6.92 Å². The molecule has 0 fully saturated rings. The Morgan fingerprint density at radius 2 is 1.83 bits per heavy atom. The van der Waals surface area contributed by atoms with Gasteiger partial charge in [0, 0.05) is 18.8 Å². The molecule has 0 atom stereocenters. The van der Waals surface area contributed by atoms with Crippen LogP contribution >= 0.6 is 0 Å². The van der Waals surface area contributed by atoms with Gasteiger partial charge in [0.2, 0.25) is 15.5 Å². The van der Waals surface area contributed by atoms with Crippen LogP contribution in [-0.4, -0.2) is 29.2 Å². The summed E-state index contributed by atoms with van der Waals surface area (Å²) in [5.41, 5.74) is -0.492. The Hall–Kier alpha value is -2.65. The van der Waals surface area contributed by atoms with Gasteiger partial charge in [0.1, 0.15) is 0 Å². The molecule has 0 aliphatic rings. The lowest BCUT2D eigenvalue weighted by molar-refractivity contribution is 0.0681. The monoisotopic (exact) mass is 352 g/mol.